The molecule has 1 saturated heterocycles. The van der Waals surface area contributed by atoms with Gasteiger partial charge in [-0.05, 0) is 19.3 Å². The minimum absolute atomic E-state index is 0.387. The molecule has 0 spiro atoms. The Morgan fingerprint density at radius 3 is 2.82 bits per heavy atom. The van der Waals surface area contributed by atoms with Crippen LogP contribution >= 0.6 is 11.3 Å². The molecule has 0 atom stereocenters. The van der Waals surface area contributed by atoms with Gasteiger partial charge >= 0.3 is 5.97 Å². The molecule has 1 aromatic heterocycles. The van der Waals surface area contributed by atoms with Crippen molar-refractivity contribution in [2.24, 2.45) is 0 Å². The average molecular weight is 255 g/mol. The third kappa shape index (κ3) is 2.84. The van der Waals surface area contributed by atoms with E-state index in [4.69, 9.17) is 9.84 Å². The number of rotatable bonds is 4. The quantitative estimate of drug-likeness (QED) is 0.898. The lowest BCUT2D eigenvalue weighted by molar-refractivity contribution is 0.0700. The van der Waals surface area contributed by atoms with Gasteiger partial charge in [0, 0.05) is 19.1 Å². The van der Waals surface area contributed by atoms with Gasteiger partial charge in [-0.1, -0.05) is 13.3 Å². The van der Waals surface area contributed by atoms with Gasteiger partial charge in [0.25, 0.3) is 0 Å². The summed E-state index contributed by atoms with van der Waals surface area (Å²) in [5.74, 6) is -0.457. The second-order valence-electron chi connectivity index (χ2n) is 4.27. The summed E-state index contributed by atoms with van der Waals surface area (Å²) < 4.78 is 5.31. The number of thiazole rings is 1. The standard InChI is InChI=1S/C12H17NO3S/c1-2-3-9-10(12(14)15)17-11(13-9)8-4-6-16-7-5-8/h8H,2-7H2,1H3,(H,14,15). The normalized spacial score (nSPS) is 17.2. The van der Waals surface area contributed by atoms with E-state index in [0.717, 1.165) is 49.6 Å². The second kappa shape index (κ2) is 5.60. The number of carboxylic acid groups (broad SMARTS) is 1. The van der Waals surface area contributed by atoms with E-state index in [1.165, 1.54) is 11.3 Å². The molecule has 2 rings (SSSR count). The van der Waals surface area contributed by atoms with Crippen molar-refractivity contribution in [2.45, 2.75) is 38.5 Å². The van der Waals surface area contributed by atoms with Gasteiger partial charge in [0.1, 0.15) is 4.88 Å². The van der Waals surface area contributed by atoms with Gasteiger partial charge in [-0.3, -0.25) is 0 Å². The third-order valence-corrected chi connectivity index (χ3v) is 4.21. The molecule has 0 unspecified atom stereocenters. The molecule has 0 aliphatic carbocycles. The number of aromatic nitrogens is 1. The van der Waals surface area contributed by atoms with Crippen molar-refractivity contribution in [2.75, 3.05) is 13.2 Å². The molecule has 0 saturated carbocycles. The molecule has 0 bridgehead atoms. The van der Waals surface area contributed by atoms with E-state index >= 15 is 0 Å². The van der Waals surface area contributed by atoms with Crippen LogP contribution in [0.5, 0.6) is 0 Å². The van der Waals surface area contributed by atoms with Crippen LogP contribution in [0.15, 0.2) is 0 Å². The maximum Gasteiger partial charge on any atom is 0.347 e. The number of aromatic carboxylic acids is 1. The molecule has 1 aromatic rings. The van der Waals surface area contributed by atoms with Crippen LogP contribution in [0, 0.1) is 0 Å². The van der Waals surface area contributed by atoms with Crippen molar-refractivity contribution in [1.82, 2.24) is 4.98 Å². The molecular formula is C12H17NO3S. The SMILES string of the molecule is CCCc1nc(C2CCOCC2)sc1C(=O)O. The Balaban J connectivity index is 2.22. The predicted molar refractivity (Wildman–Crippen MR) is 65.9 cm³/mol. The van der Waals surface area contributed by atoms with Crippen molar-refractivity contribution >= 4 is 17.3 Å². The monoisotopic (exact) mass is 255 g/mol. The van der Waals surface area contributed by atoms with E-state index in [-0.39, 0.29) is 0 Å². The van der Waals surface area contributed by atoms with Crippen molar-refractivity contribution in [1.29, 1.82) is 0 Å². The molecule has 0 aromatic carbocycles. The van der Waals surface area contributed by atoms with Crippen molar-refractivity contribution < 1.29 is 14.6 Å². The highest BCUT2D eigenvalue weighted by Gasteiger charge is 2.23. The van der Waals surface area contributed by atoms with E-state index in [1.54, 1.807) is 0 Å². The van der Waals surface area contributed by atoms with E-state index in [0.29, 0.717) is 10.8 Å². The summed E-state index contributed by atoms with van der Waals surface area (Å²) in [6.45, 7) is 3.56. The lowest BCUT2D eigenvalue weighted by Crippen LogP contribution is -2.13. The van der Waals surface area contributed by atoms with Gasteiger partial charge in [-0.15, -0.1) is 11.3 Å². The number of hydrogen-bond acceptors (Lipinski definition) is 4. The molecule has 0 radical (unpaired) electrons. The number of carbonyl (C=O) groups is 1. The number of nitrogens with zero attached hydrogens (tertiary/aromatic N) is 1. The van der Waals surface area contributed by atoms with Gasteiger partial charge in [0.15, 0.2) is 0 Å². The van der Waals surface area contributed by atoms with Crippen molar-refractivity contribution in [3.8, 4) is 0 Å². The Labute approximate surface area is 105 Å². The van der Waals surface area contributed by atoms with Crippen LogP contribution in [0.1, 0.15) is 52.5 Å². The van der Waals surface area contributed by atoms with Gasteiger partial charge in [0.05, 0.1) is 10.7 Å². The van der Waals surface area contributed by atoms with Gasteiger partial charge in [0.2, 0.25) is 0 Å². The fraction of sp³-hybridized carbons (Fsp3) is 0.667. The molecular weight excluding hydrogens is 238 g/mol. The molecule has 17 heavy (non-hydrogen) atoms. The van der Waals surface area contributed by atoms with Gasteiger partial charge in [-0.25, -0.2) is 9.78 Å². The van der Waals surface area contributed by atoms with Crippen molar-refractivity contribution in [3.05, 3.63) is 15.6 Å². The number of aryl methyl sites for hydroxylation is 1. The largest absolute Gasteiger partial charge is 0.477 e. The second-order valence-corrected chi connectivity index (χ2v) is 5.30. The topological polar surface area (TPSA) is 59.4 Å². The van der Waals surface area contributed by atoms with Crippen LogP contribution < -0.4 is 0 Å². The van der Waals surface area contributed by atoms with Gasteiger partial charge in [-0.2, -0.15) is 0 Å². The Kier molecular flexibility index (Phi) is 4.12. The lowest BCUT2D eigenvalue weighted by atomic mass is 10.0. The minimum Gasteiger partial charge on any atom is -0.477 e. The van der Waals surface area contributed by atoms with Crippen LogP contribution in [0.2, 0.25) is 0 Å². The summed E-state index contributed by atoms with van der Waals surface area (Å²) in [6, 6.07) is 0. The highest BCUT2D eigenvalue weighted by atomic mass is 32.1. The first-order valence-electron chi connectivity index (χ1n) is 6.03. The summed E-state index contributed by atoms with van der Waals surface area (Å²) in [4.78, 5) is 16.1. The predicted octanol–water partition coefficient (Wildman–Crippen LogP) is 2.69. The summed E-state index contributed by atoms with van der Waals surface area (Å²) in [6.07, 6.45) is 3.59. The maximum absolute atomic E-state index is 11.1. The first-order valence-corrected chi connectivity index (χ1v) is 6.84. The number of hydrogen-bond donors (Lipinski definition) is 1. The number of ether oxygens (including phenoxy) is 1. The van der Waals surface area contributed by atoms with Crippen molar-refractivity contribution in [3.63, 3.8) is 0 Å². The zero-order valence-corrected chi connectivity index (χ0v) is 10.8. The van der Waals surface area contributed by atoms with Crippen LogP contribution in [0.25, 0.3) is 0 Å². The zero-order chi connectivity index (χ0) is 12.3. The Morgan fingerprint density at radius 1 is 1.53 bits per heavy atom. The summed E-state index contributed by atoms with van der Waals surface area (Å²) in [5.41, 5.74) is 0.756. The third-order valence-electron chi connectivity index (χ3n) is 2.97. The van der Waals surface area contributed by atoms with E-state index in [9.17, 15) is 4.79 Å². The van der Waals surface area contributed by atoms with Crippen LogP contribution in [-0.2, 0) is 11.2 Å². The first-order chi connectivity index (χ1) is 8.22. The fourth-order valence-electron chi connectivity index (χ4n) is 2.06. The fourth-order valence-corrected chi connectivity index (χ4v) is 3.18. The summed E-state index contributed by atoms with van der Waals surface area (Å²) >= 11 is 1.35. The molecule has 1 fully saturated rings. The average Bonchev–Trinajstić information content (AvgIpc) is 2.75. The molecule has 1 aliphatic heterocycles. The van der Waals surface area contributed by atoms with Gasteiger partial charge < -0.3 is 9.84 Å². The lowest BCUT2D eigenvalue weighted by Gasteiger charge is -2.19. The minimum atomic E-state index is -0.843. The first kappa shape index (κ1) is 12.5. The van der Waals surface area contributed by atoms with E-state index in [1.807, 2.05) is 6.92 Å². The molecule has 1 aliphatic rings. The Morgan fingerprint density at radius 2 is 2.24 bits per heavy atom. The highest BCUT2D eigenvalue weighted by Crippen LogP contribution is 2.32. The molecule has 4 nitrogen and oxygen atoms in total. The number of carboxylic acids is 1. The molecule has 0 amide bonds. The molecule has 5 heteroatoms. The van der Waals surface area contributed by atoms with E-state index < -0.39 is 5.97 Å². The van der Waals surface area contributed by atoms with Crippen LogP contribution in [-0.4, -0.2) is 29.3 Å². The zero-order valence-electron chi connectivity index (χ0n) is 9.94. The van der Waals surface area contributed by atoms with E-state index in [2.05, 4.69) is 4.98 Å². The van der Waals surface area contributed by atoms with Crippen LogP contribution in [0.3, 0.4) is 0 Å². The maximum atomic E-state index is 11.1. The summed E-state index contributed by atoms with van der Waals surface area (Å²) in [5, 5.41) is 10.1. The highest BCUT2D eigenvalue weighted by molar-refractivity contribution is 7.13. The Bertz CT molecular complexity index is 396. The summed E-state index contributed by atoms with van der Waals surface area (Å²) in [7, 11) is 0. The molecule has 2 heterocycles. The molecule has 1 N–H and O–H groups in total. The molecule has 94 valence electrons. The smallest absolute Gasteiger partial charge is 0.347 e. The van der Waals surface area contributed by atoms with Crippen LogP contribution in [0.4, 0.5) is 0 Å². The Hall–Kier alpha value is -0.940.